The Hall–Kier alpha value is -0.120. The second-order valence-electron chi connectivity index (χ2n) is 6.82. The maximum absolute atomic E-state index is 5.70. The largest absolute Gasteiger partial charge is 0.377 e. The first-order valence-electron chi connectivity index (χ1n) is 7.37. The van der Waals surface area contributed by atoms with Gasteiger partial charge >= 0.3 is 0 Å². The second kappa shape index (κ2) is 6.88. The number of nitrogens with zero attached hydrogens (tertiary/aromatic N) is 1. The number of nitrogens with one attached hydrogen (secondary N) is 1. The van der Waals surface area contributed by atoms with Crippen molar-refractivity contribution in [2.24, 2.45) is 5.41 Å². The zero-order valence-electron chi connectivity index (χ0n) is 13.1. The van der Waals surface area contributed by atoms with Crippen molar-refractivity contribution in [1.82, 2.24) is 10.2 Å². The van der Waals surface area contributed by atoms with Crippen LogP contribution in [0.4, 0.5) is 0 Å². The normalized spacial score (nSPS) is 24.5. The first-order chi connectivity index (χ1) is 8.32. The average molecular weight is 256 g/mol. The Labute approximate surface area is 113 Å². The van der Waals surface area contributed by atoms with E-state index in [1.165, 1.54) is 12.8 Å². The van der Waals surface area contributed by atoms with Crippen LogP contribution in [-0.4, -0.2) is 49.8 Å². The SMILES string of the molecule is CC(NCCN(C)C(C)C(C)(C)C)C1CCCO1. The maximum atomic E-state index is 5.70. The molecular formula is C15H32N2O. The van der Waals surface area contributed by atoms with Crippen LogP contribution in [0.3, 0.4) is 0 Å². The zero-order chi connectivity index (χ0) is 13.8. The number of rotatable bonds is 6. The summed E-state index contributed by atoms with van der Waals surface area (Å²) in [6.07, 6.45) is 2.86. The topological polar surface area (TPSA) is 24.5 Å². The van der Waals surface area contributed by atoms with Gasteiger partial charge in [0.1, 0.15) is 0 Å². The molecule has 1 N–H and O–H groups in total. The molecule has 0 aromatic heterocycles. The summed E-state index contributed by atoms with van der Waals surface area (Å²) in [5, 5.41) is 3.60. The minimum atomic E-state index is 0.342. The van der Waals surface area contributed by atoms with Gasteiger partial charge in [0, 0.05) is 31.8 Å². The molecule has 0 aromatic carbocycles. The van der Waals surface area contributed by atoms with Crippen LogP contribution in [0.5, 0.6) is 0 Å². The van der Waals surface area contributed by atoms with Crippen molar-refractivity contribution < 1.29 is 4.74 Å². The summed E-state index contributed by atoms with van der Waals surface area (Å²) in [5.74, 6) is 0. The molecule has 0 radical (unpaired) electrons. The van der Waals surface area contributed by atoms with Gasteiger partial charge in [-0.1, -0.05) is 20.8 Å². The van der Waals surface area contributed by atoms with Crippen molar-refractivity contribution in [3.8, 4) is 0 Å². The first kappa shape index (κ1) is 15.9. The van der Waals surface area contributed by atoms with E-state index >= 15 is 0 Å². The van der Waals surface area contributed by atoms with Crippen molar-refractivity contribution >= 4 is 0 Å². The average Bonchev–Trinajstić information content (AvgIpc) is 2.79. The van der Waals surface area contributed by atoms with Crippen LogP contribution < -0.4 is 5.32 Å². The summed E-state index contributed by atoms with van der Waals surface area (Å²) >= 11 is 0. The van der Waals surface area contributed by atoms with Gasteiger partial charge in [-0.3, -0.25) is 0 Å². The van der Waals surface area contributed by atoms with E-state index in [-0.39, 0.29) is 0 Å². The molecule has 3 atom stereocenters. The van der Waals surface area contributed by atoms with Crippen LogP contribution >= 0.6 is 0 Å². The Morgan fingerprint density at radius 1 is 1.33 bits per heavy atom. The molecule has 3 unspecified atom stereocenters. The summed E-state index contributed by atoms with van der Waals surface area (Å²) in [4.78, 5) is 2.44. The fourth-order valence-corrected chi connectivity index (χ4v) is 2.45. The monoisotopic (exact) mass is 256 g/mol. The molecule has 0 bridgehead atoms. The molecule has 0 spiro atoms. The third-order valence-corrected chi connectivity index (χ3v) is 4.37. The molecule has 1 heterocycles. The molecule has 3 heteroatoms. The highest BCUT2D eigenvalue weighted by Gasteiger charge is 2.24. The fourth-order valence-electron chi connectivity index (χ4n) is 2.45. The van der Waals surface area contributed by atoms with Crippen LogP contribution in [0, 0.1) is 5.41 Å². The van der Waals surface area contributed by atoms with E-state index < -0.39 is 0 Å². The smallest absolute Gasteiger partial charge is 0.0726 e. The van der Waals surface area contributed by atoms with E-state index in [0.717, 1.165) is 19.7 Å². The molecular weight excluding hydrogens is 224 g/mol. The van der Waals surface area contributed by atoms with Crippen molar-refractivity contribution in [1.29, 1.82) is 0 Å². The molecule has 1 fully saturated rings. The Morgan fingerprint density at radius 3 is 2.50 bits per heavy atom. The third kappa shape index (κ3) is 4.87. The van der Waals surface area contributed by atoms with Gasteiger partial charge in [0.05, 0.1) is 6.10 Å². The summed E-state index contributed by atoms with van der Waals surface area (Å²) in [6, 6.07) is 1.07. The van der Waals surface area contributed by atoms with Gasteiger partial charge in [-0.15, -0.1) is 0 Å². The van der Waals surface area contributed by atoms with Gasteiger partial charge in [0.2, 0.25) is 0 Å². The summed E-state index contributed by atoms with van der Waals surface area (Å²) in [6.45, 7) is 14.5. The molecule has 0 aliphatic carbocycles. The van der Waals surface area contributed by atoms with E-state index in [1.54, 1.807) is 0 Å². The van der Waals surface area contributed by atoms with Crippen molar-refractivity contribution in [2.75, 3.05) is 26.7 Å². The Kier molecular flexibility index (Phi) is 6.09. The van der Waals surface area contributed by atoms with Crippen LogP contribution in [0.2, 0.25) is 0 Å². The fraction of sp³-hybridized carbons (Fsp3) is 1.00. The lowest BCUT2D eigenvalue weighted by atomic mass is 9.87. The molecule has 1 aliphatic heterocycles. The lowest BCUT2D eigenvalue weighted by Gasteiger charge is -2.35. The van der Waals surface area contributed by atoms with E-state index in [1.807, 2.05) is 0 Å². The predicted octanol–water partition coefficient (Wildman–Crippen LogP) is 2.51. The lowest BCUT2D eigenvalue weighted by Crippen LogP contribution is -2.45. The number of hydrogen-bond acceptors (Lipinski definition) is 3. The molecule has 1 aliphatic rings. The van der Waals surface area contributed by atoms with Gasteiger partial charge in [0.15, 0.2) is 0 Å². The number of likely N-dealkylation sites (N-methyl/N-ethyl adjacent to an activating group) is 1. The van der Waals surface area contributed by atoms with E-state index in [4.69, 9.17) is 4.74 Å². The molecule has 0 saturated carbocycles. The van der Waals surface area contributed by atoms with Crippen LogP contribution in [0.1, 0.15) is 47.5 Å². The molecule has 108 valence electrons. The Morgan fingerprint density at radius 2 is 2.00 bits per heavy atom. The van der Waals surface area contributed by atoms with Gasteiger partial charge in [-0.2, -0.15) is 0 Å². The number of hydrogen-bond donors (Lipinski definition) is 1. The van der Waals surface area contributed by atoms with Crippen molar-refractivity contribution in [3.63, 3.8) is 0 Å². The Balaban J connectivity index is 2.20. The third-order valence-electron chi connectivity index (χ3n) is 4.37. The highest BCUT2D eigenvalue weighted by molar-refractivity contribution is 4.80. The standard InChI is InChI=1S/C15H32N2O/c1-12(14-8-7-11-18-14)16-9-10-17(6)13(2)15(3,4)5/h12-14,16H,7-11H2,1-6H3. The second-order valence-corrected chi connectivity index (χ2v) is 6.82. The van der Waals surface area contributed by atoms with Gasteiger partial charge in [-0.05, 0) is 39.2 Å². The van der Waals surface area contributed by atoms with Gasteiger partial charge in [0.25, 0.3) is 0 Å². The molecule has 3 nitrogen and oxygen atoms in total. The van der Waals surface area contributed by atoms with Crippen LogP contribution in [0.25, 0.3) is 0 Å². The summed E-state index contributed by atoms with van der Waals surface area (Å²) in [5.41, 5.74) is 0.342. The minimum absolute atomic E-state index is 0.342. The lowest BCUT2D eigenvalue weighted by molar-refractivity contribution is 0.0806. The van der Waals surface area contributed by atoms with Crippen LogP contribution in [-0.2, 0) is 4.74 Å². The van der Waals surface area contributed by atoms with E-state index in [2.05, 4.69) is 51.9 Å². The molecule has 0 aromatic rings. The van der Waals surface area contributed by atoms with Gasteiger partial charge < -0.3 is 15.0 Å². The maximum Gasteiger partial charge on any atom is 0.0726 e. The number of ether oxygens (including phenoxy) is 1. The molecule has 18 heavy (non-hydrogen) atoms. The summed E-state index contributed by atoms with van der Waals surface area (Å²) in [7, 11) is 2.22. The van der Waals surface area contributed by atoms with Crippen molar-refractivity contribution in [2.45, 2.75) is 65.6 Å². The minimum Gasteiger partial charge on any atom is -0.377 e. The summed E-state index contributed by atoms with van der Waals surface area (Å²) < 4.78 is 5.70. The predicted molar refractivity (Wildman–Crippen MR) is 78.0 cm³/mol. The van der Waals surface area contributed by atoms with Gasteiger partial charge in [-0.25, -0.2) is 0 Å². The zero-order valence-corrected chi connectivity index (χ0v) is 13.1. The highest BCUT2D eigenvalue weighted by Crippen LogP contribution is 2.22. The molecule has 0 amide bonds. The quantitative estimate of drug-likeness (QED) is 0.790. The van der Waals surface area contributed by atoms with Crippen molar-refractivity contribution in [3.05, 3.63) is 0 Å². The van der Waals surface area contributed by atoms with Crippen LogP contribution in [0.15, 0.2) is 0 Å². The van der Waals surface area contributed by atoms with E-state index in [9.17, 15) is 0 Å². The highest BCUT2D eigenvalue weighted by atomic mass is 16.5. The molecule has 1 saturated heterocycles. The molecule has 1 rings (SSSR count). The Bertz CT molecular complexity index is 231. The first-order valence-corrected chi connectivity index (χ1v) is 7.37. The van der Waals surface area contributed by atoms with E-state index in [0.29, 0.717) is 23.6 Å².